The molecule has 0 unspecified atom stereocenters. The van der Waals surface area contributed by atoms with Gasteiger partial charge in [-0.3, -0.25) is 0 Å². The Labute approximate surface area is 131 Å². The minimum absolute atomic E-state index is 0.183. The Hall–Kier alpha value is -2.08. The van der Waals surface area contributed by atoms with Gasteiger partial charge in [0.25, 0.3) is 0 Å². The molecule has 0 radical (unpaired) electrons. The number of carbonyl (C=O) groups is 1. The number of rotatable bonds is 5. The van der Waals surface area contributed by atoms with Crippen LogP contribution in [0.3, 0.4) is 0 Å². The summed E-state index contributed by atoms with van der Waals surface area (Å²) in [6, 6.07) is 9.19. The zero-order chi connectivity index (χ0) is 15.2. The van der Waals surface area contributed by atoms with Crippen LogP contribution < -0.4 is 10.5 Å². The van der Waals surface area contributed by atoms with Crippen LogP contribution in [0.1, 0.15) is 22.8 Å². The first-order valence-electron chi connectivity index (χ1n) is 6.41. The fourth-order valence-electron chi connectivity index (χ4n) is 1.72. The van der Waals surface area contributed by atoms with E-state index in [0.717, 1.165) is 10.0 Å². The van der Waals surface area contributed by atoms with Gasteiger partial charge in [-0.1, -0.05) is 34.1 Å². The molecular weight excluding hydrogens is 336 g/mol. The first kappa shape index (κ1) is 15.3. The lowest BCUT2D eigenvalue weighted by Crippen LogP contribution is -2.10. The molecular formula is C15H15BrN2O3. The highest BCUT2D eigenvalue weighted by Gasteiger charge is 2.15. The quantitative estimate of drug-likeness (QED) is 0.838. The minimum atomic E-state index is -0.483. The monoisotopic (exact) mass is 350 g/mol. The van der Waals surface area contributed by atoms with Crippen molar-refractivity contribution in [1.29, 1.82) is 0 Å². The van der Waals surface area contributed by atoms with Crippen LogP contribution in [0.4, 0.5) is 5.69 Å². The van der Waals surface area contributed by atoms with Gasteiger partial charge in [-0.2, -0.15) is 0 Å². The van der Waals surface area contributed by atoms with Crippen LogP contribution in [-0.2, 0) is 11.3 Å². The van der Waals surface area contributed by atoms with Crippen molar-refractivity contribution in [2.24, 2.45) is 0 Å². The summed E-state index contributed by atoms with van der Waals surface area (Å²) in [5.41, 5.74) is 7.32. The van der Waals surface area contributed by atoms with E-state index in [1.807, 2.05) is 24.3 Å². The number of anilines is 1. The van der Waals surface area contributed by atoms with Crippen LogP contribution in [0.25, 0.3) is 0 Å². The Bertz CT molecular complexity index is 647. The summed E-state index contributed by atoms with van der Waals surface area (Å²) in [7, 11) is 0. The maximum absolute atomic E-state index is 11.8. The average Bonchev–Trinajstić information content (AvgIpc) is 2.48. The molecule has 0 amide bonds. The Morgan fingerprint density at radius 3 is 2.81 bits per heavy atom. The molecule has 5 nitrogen and oxygen atoms in total. The lowest BCUT2D eigenvalue weighted by molar-refractivity contribution is 0.0527. The van der Waals surface area contributed by atoms with E-state index in [1.165, 1.54) is 12.3 Å². The Morgan fingerprint density at radius 1 is 1.33 bits per heavy atom. The van der Waals surface area contributed by atoms with Crippen LogP contribution >= 0.6 is 15.9 Å². The maximum Gasteiger partial charge on any atom is 0.340 e. The molecule has 0 saturated heterocycles. The van der Waals surface area contributed by atoms with Gasteiger partial charge in [-0.15, -0.1) is 0 Å². The fourth-order valence-corrected chi connectivity index (χ4v) is 2.12. The van der Waals surface area contributed by atoms with Crippen molar-refractivity contribution in [3.05, 3.63) is 52.1 Å². The van der Waals surface area contributed by atoms with Crippen LogP contribution in [0.5, 0.6) is 5.88 Å². The van der Waals surface area contributed by atoms with Gasteiger partial charge in [-0.25, -0.2) is 9.78 Å². The van der Waals surface area contributed by atoms with Crippen LogP contribution in [0.2, 0.25) is 0 Å². The molecule has 1 aromatic heterocycles. The van der Waals surface area contributed by atoms with Crippen LogP contribution in [0.15, 0.2) is 41.0 Å². The molecule has 6 heteroatoms. The number of carbonyl (C=O) groups excluding carboxylic acids is 1. The van der Waals surface area contributed by atoms with E-state index < -0.39 is 5.97 Å². The Morgan fingerprint density at radius 2 is 2.10 bits per heavy atom. The molecule has 0 bridgehead atoms. The number of nitrogens with two attached hydrogens (primary N) is 1. The maximum atomic E-state index is 11.8. The number of esters is 1. The summed E-state index contributed by atoms with van der Waals surface area (Å²) in [5, 5.41) is 0. The van der Waals surface area contributed by atoms with E-state index >= 15 is 0 Å². The van der Waals surface area contributed by atoms with Gasteiger partial charge < -0.3 is 15.2 Å². The van der Waals surface area contributed by atoms with Gasteiger partial charge in [0, 0.05) is 16.2 Å². The molecule has 2 aromatic rings. The Balaban J connectivity index is 2.16. The highest BCUT2D eigenvalue weighted by atomic mass is 79.9. The number of halogens is 1. The van der Waals surface area contributed by atoms with Crippen molar-refractivity contribution in [3.63, 3.8) is 0 Å². The van der Waals surface area contributed by atoms with Crippen molar-refractivity contribution < 1.29 is 14.3 Å². The van der Waals surface area contributed by atoms with Gasteiger partial charge in [0.2, 0.25) is 5.88 Å². The first-order valence-corrected chi connectivity index (χ1v) is 7.20. The van der Waals surface area contributed by atoms with Crippen molar-refractivity contribution in [2.45, 2.75) is 13.5 Å². The largest absolute Gasteiger partial charge is 0.471 e. The van der Waals surface area contributed by atoms with E-state index in [2.05, 4.69) is 20.9 Å². The van der Waals surface area contributed by atoms with E-state index in [9.17, 15) is 4.79 Å². The second kappa shape index (κ2) is 7.08. The number of ether oxygens (including phenoxy) is 2. The van der Waals surface area contributed by atoms with Gasteiger partial charge in [0.15, 0.2) is 0 Å². The zero-order valence-electron chi connectivity index (χ0n) is 11.5. The van der Waals surface area contributed by atoms with Crippen LogP contribution in [-0.4, -0.2) is 17.6 Å². The highest BCUT2D eigenvalue weighted by Crippen LogP contribution is 2.25. The Kier molecular flexibility index (Phi) is 5.16. The molecule has 2 rings (SSSR count). The molecule has 2 N–H and O–H groups in total. The number of aromatic nitrogens is 1. The van der Waals surface area contributed by atoms with Crippen molar-refractivity contribution in [2.75, 3.05) is 12.3 Å². The molecule has 0 atom stereocenters. The molecule has 110 valence electrons. The van der Waals surface area contributed by atoms with Gasteiger partial charge in [0.1, 0.15) is 12.3 Å². The predicted octanol–water partition coefficient (Wildman–Crippen LogP) is 3.18. The lowest BCUT2D eigenvalue weighted by atomic mass is 10.2. The number of nitrogen functional groups attached to an aromatic ring is 1. The highest BCUT2D eigenvalue weighted by molar-refractivity contribution is 9.10. The molecule has 0 aliphatic carbocycles. The second-order valence-electron chi connectivity index (χ2n) is 4.18. The van der Waals surface area contributed by atoms with E-state index in [-0.39, 0.29) is 23.7 Å². The number of benzene rings is 1. The minimum Gasteiger partial charge on any atom is -0.471 e. The topological polar surface area (TPSA) is 74.4 Å². The van der Waals surface area contributed by atoms with Crippen molar-refractivity contribution in [3.8, 4) is 5.88 Å². The summed E-state index contributed by atoms with van der Waals surface area (Å²) in [5.74, 6) is -0.264. The van der Waals surface area contributed by atoms with Crippen LogP contribution in [0, 0.1) is 0 Å². The molecule has 0 fully saturated rings. The summed E-state index contributed by atoms with van der Waals surface area (Å²) in [4.78, 5) is 15.8. The van der Waals surface area contributed by atoms with E-state index in [4.69, 9.17) is 15.2 Å². The molecule has 0 aliphatic rings. The lowest BCUT2D eigenvalue weighted by Gasteiger charge is -2.11. The third-order valence-corrected chi connectivity index (χ3v) is 3.54. The van der Waals surface area contributed by atoms with Gasteiger partial charge in [-0.05, 0) is 19.1 Å². The number of hydrogen-bond acceptors (Lipinski definition) is 5. The normalized spacial score (nSPS) is 10.2. The molecule has 21 heavy (non-hydrogen) atoms. The van der Waals surface area contributed by atoms with Crippen molar-refractivity contribution in [1.82, 2.24) is 4.98 Å². The third-order valence-electron chi connectivity index (χ3n) is 2.77. The summed E-state index contributed by atoms with van der Waals surface area (Å²) >= 11 is 3.44. The van der Waals surface area contributed by atoms with E-state index in [0.29, 0.717) is 6.61 Å². The fraction of sp³-hybridized carbons (Fsp3) is 0.200. The molecule has 1 aromatic carbocycles. The summed E-state index contributed by atoms with van der Waals surface area (Å²) in [6.07, 6.45) is 1.47. The number of nitrogens with zero attached hydrogens (tertiary/aromatic N) is 1. The van der Waals surface area contributed by atoms with Gasteiger partial charge in [0.05, 0.1) is 12.2 Å². The van der Waals surface area contributed by atoms with Gasteiger partial charge >= 0.3 is 5.97 Å². The second-order valence-corrected chi connectivity index (χ2v) is 5.03. The predicted molar refractivity (Wildman–Crippen MR) is 83.1 cm³/mol. The van der Waals surface area contributed by atoms with Crippen molar-refractivity contribution >= 4 is 27.6 Å². The summed E-state index contributed by atoms with van der Waals surface area (Å²) in [6.45, 7) is 2.32. The summed E-state index contributed by atoms with van der Waals surface area (Å²) < 4.78 is 11.5. The first-order chi connectivity index (χ1) is 10.1. The smallest absolute Gasteiger partial charge is 0.340 e. The number of pyridine rings is 1. The number of hydrogen-bond donors (Lipinski definition) is 1. The molecule has 0 saturated carbocycles. The average molecular weight is 351 g/mol. The standard InChI is InChI=1S/C15H15BrN2O3/c1-2-20-15(19)11-7-8-18-14(13(11)17)21-9-10-5-3-4-6-12(10)16/h3-8H,2,9,17H2,1H3. The third kappa shape index (κ3) is 3.72. The molecule has 0 spiro atoms. The molecule has 0 aliphatic heterocycles. The SMILES string of the molecule is CCOC(=O)c1ccnc(OCc2ccccc2Br)c1N. The van der Waals surface area contributed by atoms with E-state index in [1.54, 1.807) is 6.92 Å². The zero-order valence-corrected chi connectivity index (χ0v) is 13.1. The molecule has 1 heterocycles.